The quantitative estimate of drug-likeness (QED) is 0.409. The summed E-state index contributed by atoms with van der Waals surface area (Å²) in [6.45, 7) is 2.12. The van der Waals surface area contributed by atoms with Gasteiger partial charge in [0.1, 0.15) is 0 Å². The highest BCUT2D eigenvalue weighted by Gasteiger charge is 2.10. The molecule has 0 aliphatic carbocycles. The summed E-state index contributed by atoms with van der Waals surface area (Å²) in [6, 6.07) is 6.98. The van der Waals surface area contributed by atoms with Crippen molar-refractivity contribution in [2.75, 3.05) is 0 Å². The Bertz CT molecular complexity index is 310. The fourth-order valence-electron chi connectivity index (χ4n) is 1.47. The first kappa shape index (κ1) is 10.7. The molecular formula is C11H15NO2. The molecule has 0 bridgehead atoms. The van der Waals surface area contributed by atoms with Gasteiger partial charge in [0.05, 0.1) is 4.92 Å². The lowest BCUT2D eigenvalue weighted by Gasteiger charge is -2.01. The summed E-state index contributed by atoms with van der Waals surface area (Å²) in [5.41, 5.74) is 1.11. The number of para-hydroxylation sites is 1. The molecule has 0 N–H and O–H groups in total. The van der Waals surface area contributed by atoms with E-state index in [1.807, 2.05) is 12.1 Å². The molecule has 3 heteroatoms. The van der Waals surface area contributed by atoms with E-state index in [1.165, 1.54) is 0 Å². The Morgan fingerprint density at radius 2 is 2.00 bits per heavy atom. The van der Waals surface area contributed by atoms with Gasteiger partial charge in [-0.3, -0.25) is 10.1 Å². The van der Waals surface area contributed by atoms with Gasteiger partial charge in [0, 0.05) is 11.6 Å². The summed E-state index contributed by atoms with van der Waals surface area (Å²) >= 11 is 0. The van der Waals surface area contributed by atoms with Crippen LogP contribution in [0.2, 0.25) is 0 Å². The summed E-state index contributed by atoms with van der Waals surface area (Å²) in [7, 11) is 0. The number of hydrogen-bond donors (Lipinski definition) is 0. The SMILES string of the molecule is CCCCCc1ccccc1[N+](=O)[O-]. The second kappa shape index (κ2) is 5.37. The monoisotopic (exact) mass is 193 g/mol. The molecule has 3 nitrogen and oxygen atoms in total. The van der Waals surface area contributed by atoms with E-state index in [0.717, 1.165) is 31.2 Å². The van der Waals surface area contributed by atoms with Crippen molar-refractivity contribution in [1.82, 2.24) is 0 Å². The first-order valence-electron chi connectivity index (χ1n) is 4.98. The van der Waals surface area contributed by atoms with E-state index in [2.05, 4.69) is 6.92 Å². The van der Waals surface area contributed by atoms with Crippen LogP contribution in [0.1, 0.15) is 31.7 Å². The molecule has 0 radical (unpaired) electrons. The zero-order valence-corrected chi connectivity index (χ0v) is 8.40. The van der Waals surface area contributed by atoms with Gasteiger partial charge in [-0.25, -0.2) is 0 Å². The van der Waals surface area contributed by atoms with Gasteiger partial charge in [0.2, 0.25) is 0 Å². The minimum absolute atomic E-state index is 0.253. The molecule has 1 aromatic carbocycles. The van der Waals surface area contributed by atoms with Gasteiger partial charge in [-0.1, -0.05) is 38.0 Å². The highest BCUT2D eigenvalue weighted by atomic mass is 16.6. The van der Waals surface area contributed by atoms with Crippen molar-refractivity contribution in [2.24, 2.45) is 0 Å². The van der Waals surface area contributed by atoms with Crippen LogP contribution in [0.25, 0.3) is 0 Å². The van der Waals surface area contributed by atoms with Gasteiger partial charge < -0.3 is 0 Å². The van der Waals surface area contributed by atoms with Crippen LogP contribution in [-0.4, -0.2) is 4.92 Å². The maximum Gasteiger partial charge on any atom is 0.272 e. The van der Waals surface area contributed by atoms with Crippen molar-refractivity contribution in [3.63, 3.8) is 0 Å². The smallest absolute Gasteiger partial charge is 0.258 e. The van der Waals surface area contributed by atoms with Crippen molar-refractivity contribution in [3.8, 4) is 0 Å². The Morgan fingerprint density at radius 1 is 1.29 bits per heavy atom. The van der Waals surface area contributed by atoms with Gasteiger partial charge in [-0.2, -0.15) is 0 Å². The second-order valence-electron chi connectivity index (χ2n) is 3.34. The van der Waals surface area contributed by atoms with Gasteiger partial charge in [0.15, 0.2) is 0 Å². The molecule has 0 aliphatic heterocycles. The van der Waals surface area contributed by atoms with Gasteiger partial charge in [0.25, 0.3) is 5.69 Å². The third-order valence-electron chi connectivity index (χ3n) is 2.24. The Labute approximate surface area is 83.9 Å². The molecular weight excluding hydrogens is 178 g/mol. The van der Waals surface area contributed by atoms with Crippen LogP contribution < -0.4 is 0 Å². The Hall–Kier alpha value is -1.38. The first-order chi connectivity index (χ1) is 6.75. The van der Waals surface area contributed by atoms with Crippen LogP contribution in [0.5, 0.6) is 0 Å². The average Bonchev–Trinajstić information content (AvgIpc) is 2.19. The zero-order chi connectivity index (χ0) is 10.4. The van der Waals surface area contributed by atoms with E-state index in [9.17, 15) is 10.1 Å². The predicted molar refractivity (Wildman–Crippen MR) is 56.3 cm³/mol. The van der Waals surface area contributed by atoms with Crippen LogP contribution >= 0.6 is 0 Å². The molecule has 0 saturated carbocycles. The summed E-state index contributed by atoms with van der Waals surface area (Å²) < 4.78 is 0. The first-order valence-corrected chi connectivity index (χ1v) is 4.98. The van der Waals surface area contributed by atoms with Crippen LogP contribution in [0.15, 0.2) is 24.3 Å². The number of aryl methyl sites for hydroxylation is 1. The fourth-order valence-corrected chi connectivity index (χ4v) is 1.47. The molecule has 0 aromatic heterocycles. The molecule has 0 amide bonds. The Kier molecular flexibility index (Phi) is 4.11. The molecule has 0 fully saturated rings. The van der Waals surface area contributed by atoms with E-state index < -0.39 is 0 Å². The topological polar surface area (TPSA) is 43.1 Å². The number of nitro groups is 1. The van der Waals surface area contributed by atoms with Crippen LogP contribution in [-0.2, 0) is 6.42 Å². The Balaban J connectivity index is 2.69. The van der Waals surface area contributed by atoms with E-state index >= 15 is 0 Å². The molecule has 1 aromatic rings. The molecule has 0 saturated heterocycles. The molecule has 1 rings (SSSR count). The number of nitrogens with zero attached hydrogens (tertiary/aromatic N) is 1. The zero-order valence-electron chi connectivity index (χ0n) is 8.40. The van der Waals surface area contributed by atoms with E-state index in [4.69, 9.17) is 0 Å². The lowest BCUT2D eigenvalue weighted by atomic mass is 10.1. The maximum absolute atomic E-state index is 10.7. The number of hydrogen-bond acceptors (Lipinski definition) is 2. The number of unbranched alkanes of at least 4 members (excludes halogenated alkanes) is 2. The standard InChI is InChI=1S/C11H15NO2/c1-2-3-4-7-10-8-5-6-9-11(10)12(13)14/h5-6,8-9H,2-4,7H2,1H3. The molecule has 0 unspecified atom stereocenters. The minimum atomic E-state index is -0.304. The molecule has 14 heavy (non-hydrogen) atoms. The van der Waals surface area contributed by atoms with Crippen LogP contribution in [0.3, 0.4) is 0 Å². The normalized spacial score (nSPS) is 10.1. The van der Waals surface area contributed by atoms with Crippen molar-refractivity contribution in [2.45, 2.75) is 32.6 Å². The molecule has 0 aliphatic rings. The van der Waals surface area contributed by atoms with Crippen molar-refractivity contribution in [1.29, 1.82) is 0 Å². The van der Waals surface area contributed by atoms with Gasteiger partial charge in [-0.05, 0) is 12.8 Å². The van der Waals surface area contributed by atoms with Crippen molar-refractivity contribution < 1.29 is 4.92 Å². The van der Waals surface area contributed by atoms with E-state index in [1.54, 1.807) is 12.1 Å². The highest BCUT2D eigenvalue weighted by molar-refractivity contribution is 5.39. The summed E-state index contributed by atoms with van der Waals surface area (Å²) in [6.07, 6.45) is 4.11. The average molecular weight is 193 g/mol. The van der Waals surface area contributed by atoms with E-state index in [-0.39, 0.29) is 10.6 Å². The number of nitro benzene ring substituents is 1. The molecule has 0 atom stereocenters. The predicted octanol–water partition coefficient (Wildman–Crippen LogP) is 3.33. The summed E-state index contributed by atoms with van der Waals surface area (Å²) in [5.74, 6) is 0. The summed E-state index contributed by atoms with van der Waals surface area (Å²) in [4.78, 5) is 10.4. The van der Waals surface area contributed by atoms with Crippen molar-refractivity contribution in [3.05, 3.63) is 39.9 Å². The number of rotatable bonds is 5. The maximum atomic E-state index is 10.7. The van der Waals surface area contributed by atoms with Crippen LogP contribution in [0.4, 0.5) is 5.69 Å². The fraction of sp³-hybridized carbons (Fsp3) is 0.455. The second-order valence-corrected chi connectivity index (χ2v) is 3.34. The summed E-state index contributed by atoms with van der Waals surface area (Å²) in [5, 5.41) is 10.7. The number of benzene rings is 1. The Morgan fingerprint density at radius 3 is 2.64 bits per heavy atom. The minimum Gasteiger partial charge on any atom is -0.258 e. The van der Waals surface area contributed by atoms with Gasteiger partial charge in [-0.15, -0.1) is 0 Å². The van der Waals surface area contributed by atoms with Crippen molar-refractivity contribution >= 4 is 5.69 Å². The molecule has 0 spiro atoms. The lowest BCUT2D eigenvalue weighted by molar-refractivity contribution is -0.385. The lowest BCUT2D eigenvalue weighted by Crippen LogP contribution is -1.95. The largest absolute Gasteiger partial charge is 0.272 e. The third-order valence-corrected chi connectivity index (χ3v) is 2.24. The van der Waals surface area contributed by atoms with Crippen LogP contribution in [0, 0.1) is 10.1 Å². The molecule has 0 heterocycles. The van der Waals surface area contributed by atoms with Gasteiger partial charge >= 0.3 is 0 Å². The molecule has 76 valence electrons. The highest BCUT2D eigenvalue weighted by Crippen LogP contribution is 2.19. The van der Waals surface area contributed by atoms with E-state index in [0.29, 0.717) is 0 Å². The third kappa shape index (κ3) is 2.83.